The van der Waals surface area contributed by atoms with Gasteiger partial charge < -0.3 is 15.0 Å². The van der Waals surface area contributed by atoms with Crippen LogP contribution in [0.3, 0.4) is 0 Å². The van der Waals surface area contributed by atoms with E-state index in [1.165, 1.54) is 5.56 Å². The highest BCUT2D eigenvalue weighted by Gasteiger charge is 2.25. The maximum atomic E-state index is 12.1. The van der Waals surface area contributed by atoms with Gasteiger partial charge in [0.25, 0.3) is 0 Å². The Hall–Kier alpha value is -1.26. The lowest BCUT2D eigenvalue weighted by molar-refractivity contribution is -0.130. The third-order valence-corrected chi connectivity index (χ3v) is 3.71. The van der Waals surface area contributed by atoms with Crippen LogP contribution in [-0.2, 0) is 4.79 Å². The molecule has 1 fully saturated rings. The molecule has 1 aliphatic heterocycles. The number of amides is 1. The number of hydrogen-bond donors (Lipinski definition) is 1. The summed E-state index contributed by atoms with van der Waals surface area (Å²) < 4.78 is 5.63. The quantitative estimate of drug-likeness (QED) is 0.876. The summed E-state index contributed by atoms with van der Waals surface area (Å²) in [5.41, 5.74) is 1.17. The van der Waals surface area contributed by atoms with Gasteiger partial charge in [0, 0.05) is 13.1 Å². The second-order valence-electron chi connectivity index (χ2n) is 5.47. The van der Waals surface area contributed by atoms with E-state index < -0.39 is 0 Å². The van der Waals surface area contributed by atoms with E-state index in [1.807, 2.05) is 43.1 Å². The lowest BCUT2D eigenvalue weighted by Crippen LogP contribution is -2.31. The largest absolute Gasteiger partial charge is 0.493 e. The molecule has 1 unspecified atom stereocenters. The number of likely N-dealkylation sites (tertiary alicyclic amines) is 1. The zero-order valence-corrected chi connectivity index (χ0v) is 13.6. The normalized spacial score (nSPS) is 17.4. The maximum absolute atomic E-state index is 12.1. The summed E-state index contributed by atoms with van der Waals surface area (Å²) >= 11 is 0. The molecular weight excluding hydrogens is 288 g/mol. The van der Waals surface area contributed by atoms with Gasteiger partial charge in [0.15, 0.2) is 0 Å². The molecule has 1 amide bonds. The van der Waals surface area contributed by atoms with Crippen LogP contribution in [0.25, 0.3) is 0 Å². The van der Waals surface area contributed by atoms with Crippen LogP contribution >= 0.6 is 12.4 Å². The van der Waals surface area contributed by atoms with Crippen molar-refractivity contribution in [1.82, 2.24) is 10.2 Å². The van der Waals surface area contributed by atoms with E-state index in [2.05, 4.69) is 5.32 Å². The Morgan fingerprint density at radius 2 is 2.29 bits per heavy atom. The van der Waals surface area contributed by atoms with E-state index >= 15 is 0 Å². The SMILES string of the molecule is CNCC1CCN(C(=O)CCOc2cccc(C)c2)C1.Cl. The molecule has 0 radical (unpaired) electrons. The number of nitrogens with one attached hydrogen (secondary N) is 1. The number of aryl methyl sites for hydroxylation is 1. The summed E-state index contributed by atoms with van der Waals surface area (Å²) in [5.74, 6) is 1.64. The van der Waals surface area contributed by atoms with E-state index in [4.69, 9.17) is 4.74 Å². The summed E-state index contributed by atoms with van der Waals surface area (Å²) in [7, 11) is 1.96. The average molecular weight is 313 g/mol. The number of carbonyl (C=O) groups is 1. The van der Waals surface area contributed by atoms with E-state index in [-0.39, 0.29) is 18.3 Å². The number of carbonyl (C=O) groups excluding carboxylic acids is 1. The van der Waals surface area contributed by atoms with Crippen LogP contribution in [0.1, 0.15) is 18.4 Å². The first-order valence-corrected chi connectivity index (χ1v) is 7.31. The second-order valence-corrected chi connectivity index (χ2v) is 5.47. The molecule has 0 bridgehead atoms. The summed E-state index contributed by atoms with van der Waals surface area (Å²) in [6.45, 7) is 5.24. The van der Waals surface area contributed by atoms with Crippen molar-refractivity contribution in [2.45, 2.75) is 19.8 Å². The van der Waals surface area contributed by atoms with Crippen molar-refractivity contribution in [1.29, 1.82) is 0 Å². The summed E-state index contributed by atoms with van der Waals surface area (Å²) in [5, 5.41) is 3.18. The van der Waals surface area contributed by atoms with Crippen molar-refractivity contribution in [2.24, 2.45) is 5.92 Å². The molecule has 0 aromatic heterocycles. The predicted molar refractivity (Wildman–Crippen MR) is 87.2 cm³/mol. The first-order valence-electron chi connectivity index (χ1n) is 7.31. The first kappa shape index (κ1) is 17.8. The molecule has 1 N–H and O–H groups in total. The van der Waals surface area contributed by atoms with Crippen LogP contribution in [0.15, 0.2) is 24.3 Å². The van der Waals surface area contributed by atoms with Crippen molar-refractivity contribution in [3.63, 3.8) is 0 Å². The minimum Gasteiger partial charge on any atom is -0.493 e. The molecule has 0 aliphatic carbocycles. The minimum atomic E-state index is 0. The molecular formula is C16H25ClN2O2. The van der Waals surface area contributed by atoms with Gasteiger partial charge in [-0.1, -0.05) is 12.1 Å². The Morgan fingerprint density at radius 1 is 1.48 bits per heavy atom. The van der Waals surface area contributed by atoms with E-state index in [0.717, 1.165) is 31.8 Å². The third kappa shape index (κ3) is 5.56. The van der Waals surface area contributed by atoms with Crippen molar-refractivity contribution in [3.8, 4) is 5.75 Å². The minimum absolute atomic E-state index is 0. The molecule has 1 aromatic carbocycles. The van der Waals surface area contributed by atoms with E-state index in [9.17, 15) is 4.79 Å². The Balaban J connectivity index is 0.00000220. The Morgan fingerprint density at radius 3 is 3.00 bits per heavy atom. The van der Waals surface area contributed by atoms with Crippen LogP contribution in [0.2, 0.25) is 0 Å². The number of halogens is 1. The monoisotopic (exact) mass is 312 g/mol. The Bertz CT molecular complexity index is 454. The van der Waals surface area contributed by atoms with Crippen molar-refractivity contribution in [3.05, 3.63) is 29.8 Å². The summed E-state index contributed by atoms with van der Waals surface area (Å²) in [4.78, 5) is 14.0. The molecule has 1 aromatic rings. The molecule has 0 saturated carbocycles. The fourth-order valence-corrected chi connectivity index (χ4v) is 2.63. The molecule has 1 aliphatic rings. The zero-order chi connectivity index (χ0) is 14.4. The highest BCUT2D eigenvalue weighted by molar-refractivity contribution is 5.85. The van der Waals surface area contributed by atoms with Crippen LogP contribution < -0.4 is 10.1 Å². The number of hydrogen-bond acceptors (Lipinski definition) is 3. The Kier molecular flexibility index (Phi) is 7.54. The summed E-state index contributed by atoms with van der Waals surface area (Å²) in [6.07, 6.45) is 1.56. The molecule has 118 valence electrons. The fraction of sp³-hybridized carbons (Fsp3) is 0.562. The van der Waals surface area contributed by atoms with Crippen LogP contribution in [0.5, 0.6) is 5.75 Å². The molecule has 1 saturated heterocycles. The molecule has 0 spiro atoms. The maximum Gasteiger partial charge on any atom is 0.226 e. The van der Waals surface area contributed by atoms with E-state index in [1.54, 1.807) is 0 Å². The lowest BCUT2D eigenvalue weighted by atomic mass is 10.1. The molecule has 21 heavy (non-hydrogen) atoms. The number of benzene rings is 1. The van der Waals surface area contributed by atoms with Gasteiger partial charge >= 0.3 is 0 Å². The van der Waals surface area contributed by atoms with Crippen molar-refractivity contribution < 1.29 is 9.53 Å². The lowest BCUT2D eigenvalue weighted by Gasteiger charge is -2.16. The molecule has 1 atom stereocenters. The van der Waals surface area contributed by atoms with Gasteiger partial charge in [-0.3, -0.25) is 4.79 Å². The van der Waals surface area contributed by atoms with Gasteiger partial charge in [-0.15, -0.1) is 12.4 Å². The fourth-order valence-electron chi connectivity index (χ4n) is 2.63. The van der Waals surface area contributed by atoms with Crippen LogP contribution in [-0.4, -0.2) is 44.1 Å². The third-order valence-electron chi connectivity index (χ3n) is 3.71. The zero-order valence-electron chi connectivity index (χ0n) is 12.8. The highest BCUT2D eigenvalue weighted by Crippen LogP contribution is 2.17. The van der Waals surface area contributed by atoms with E-state index in [0.29, 0.717) is 18.9 Å². The highest BCUT2D eigenvalue weighted by atomic mass is 35.5. The van der Waals surface area contributed by atoms with Gasteiger partial charge in [-0.2, -0.15) is 0 Å². The van der Waals surface area contributed by atoms with Gasteiger partial charge in [0.1, 0.15) is 5.75 Å². The standard InChI is InChI=1S/C16H24N2O2.ClH/c1-13-4-3-5-15(10-13)20-9-7-16(19)18-8-6-14(12-18)11-17-2;/h3-5,10,14,17H,6-9,11-12H2,1-2H3;1H. The van der Waals surface area contributed by atoms with Crippen LogP contribution in [0.4, 0.5) is 0 Å². The molecule has 4 nitrogen and oxygen atoms in total. The van der Waals surface area contributed by atoms with Crippen molar-refractivity contribution in [2.75, 3.05) is 33.3 Å². The average Bonchev–Trinajstić information content (AvgIpc) is 2.88. The predicted octanol–water partition coefficient (Wildman–Crippen LogP) is 2.25. The number of nitrogens with zero attached hydrogens (tertiary/aromatic N) is 1. The van der Waals surface area contributed by atoms with Gasteiger partial charge in [-0.05, 0) is 50.6 Å². The van der Waals surface area contributed by atoms with Gasteiger partial charge in [0.05, 0.1) is 13.0 Å². The topological polar surface area (TPSA) is 41.6 Å². The van der Waals surface area contributed by atoms with Crippen LogP contribution in [0, 0.1) is 12.8 Å². The van der Waals surface area contributed by atoms with Gasteiger partial charge in [0.2, 0.25) is 5.91 Å². The van der Waals surface area contributed by atoms with Gasteiger partial charge in [-0.25, -0.2) is 0 Å². The smallest absolute Gasteiger partial charge is 0.226 e. The molecule has 1 heterocycles. The number of ether oxygens (including phenoxy) is 1. The molecule has 2 rings (SSSR count). The Labute approximate surface area is 133 Å². The first-order chi connectivity index (χ1) is 9.69. The molecule has 5 heteroatoms. The summed E-state index contributed by atoms with van der Waals surface area (Å²) in [6, 6.07) is 7.92. The number of rotatable bonds is 6. The second kappa shape index (κ2) is 8.90. The van der Waals surface area contributed by atoms with Crippen molar-refractivity contribution >= 4 is 18.3 Å².